The van der Waals surface area contributed by atoms with E-state index in [2.05, 4.69) is 27.8 Å². The molecule has 1 aliphatic rings. The highest BCUT2D eigenvalue weighted by atomic mass is 32.1. The van der Waals surface area contributed by atoms with E-state index < -0.39 is 0 Å². The van der Waals surface area contributed by atoms with Gasteiger partial charge >= 0.3 is 0 Å². The molecule has 0 unspecified atom stereocenters. The van der Waals surface area contributed by atoms with Crippen molar-refractivity contribution in [1.29, 1.82) is 0 Å². The van der Waals surface area contributed by atoms with Crippen LogP contribution in [0.4, 0.5) is 0 Å². The standard InChI is InChI=1S/C21H23N3O2S2/c1-26-17-6-4-16(5-7-17)13-21(25)24-10-8-23(9-11-24)14-20-22-18(15-28-20)19-3-2-12-27-19/h2-7,12,15H,8-11,13-14H2,1H3. The zero-order valence-corrected chi connectivity index (χ0v) is 17.5. The minimum Gasteiger partial charge on any atom is -0.497 e. The molecule has 1 aromatic carbocycles. The number of hydrogen-bond donors (Lipinski definition) is 0. The number of piperazine rings is 1. The van der Waals surface area contributed by atoms with Crippen molar-refractivity contribution in [3.05, 3.63) is 57.7 Å². The van der Waals surface area contributed by atoms with E-state index >= 15 is 0 Å². The van der Waals surface area contributed by atoms with Crippen LogP contribution in [0.1, 0.15) is 10.6 Å². The molecule has 0 atom stereocenters. The van der Waals surface area contributed by atoms with Gasteiger partial charge in [0.2, 0.25) is 5.91 Å². The fraction of sp³-hybridized carbons (Fsp3) is 0.333. The Bertz CT molecular complexity index is 898. The number of aromatic nitrogens is 1. The number of carbonyl (C=O) groups is 1. The smallest absolute Gasteiger partial charge is 0.227 e. The van der Waals surface area contributed by atoms with E-state index in [4.69, 9.17) is 9.72 Å². The van der Waals surface area contributed by atoms with E-state index in [9.17, 15) is 4.79 Å². The molecule has 0 saturated carbocycles. The number of rotatable bonds is 6. The Morgan fingerprint density at radius 2 is 1.89 bits per heavy atom. The first kappa shape index (κ1) is 19.1. The van der Waals surface area contributed by atoms with Crippen molar-refractivity contribution in [2.75, 3.05) is 33.3 Å². The van der Waals surface area contributed by atoms with Gasteiger partial charge in [-0.05, 0) is 29.1 Å². The normalized spacial score (nSPS) is 15.0. The number of thiazole rings is 1. The first-order valence-corrected chi connectivity index (χ1v) is 11.1. The third kappa shape index (κ3) is 4.60. The van der Waals surface area contributed by atoms with Crippen LogP contribution in [0.3, 0.4) is 0 Å². The third-order valence-corrected chi connectivity index (χ3v) is 6.65. The van der Waals surface area contributed by atoms with Gasteiger partial charge < -0.3 is 9.64 Å². The highest BCUT2D eigenvalue weighted by molar-refractivity contribution is 7.14. The topological polar surface area (TPSA) is 45.7 Å². The molecule has 5 nitrogen and oxygen atoms in total. The number of carbonyl (C=O) groups excluding carboxylic acids is 1. The van der Waals surface area contributed by atoms with Crippen LogP contribution in [0.25, 0.3) is 10.6 Å². The zero-order valence-electron chi connectivity index (χ0n) is 15.8. The third-order valence-electron chi connectivity index (χ3n) is 4.92. The van der Waals surface area contributed by atoms with Gasteiger partial charge in [-0.25, -0.2) is 4.98 Å². The van der Waals surface area contributed by atoms with Gasteiger partial charge in [-0.2, -0.15) is 0 Å². The van der Waals surface area contributed by atoms with Crippen LogP contribution in [0.2, 0.25) is 0 Å². The van der Waals surface area contributed by atoms with Crippen LogP contribution in [0.15, 0.2) is 47.2 Å². The summed E-state index contributed by atoms with van der Waals surface area (Å²) in [5.74, 6) is 1.01. The molecule has 0 N–H and O–H groups in total. The molecule has 0 bridgehead atoms. The largest absolute Gasteiger partial charge is 0.497 e. The summed E-state index contributed by atoms with van der Waals surface area (Å²) in [4.78, 5) is 22.9. The molecule has 146 valence electrons. The molecule has 1 fully saturated rings. The van der Waals surface area contributed by atoms with E-state index in [-0.39, 0.29) is 5.91 Å². The minimum absolute atomic E-state index is 0.194. The van der Waals surface area contributed by atoms with Crippen LogP contribution in [0, 0.1) is 0 Å². The number of ether oxygens (including phenoxy) is 1. The number of hydrogen-bond acceptors (Lipinski definition) is 6. The van der Waals surface area contributed by atoms with Gasteiger partial charge in [-0.15, -0.1) is 22.7 Å². The van der Waals surface area contributed by atoms with Gasteiger partial charge in [-0.1, -0.05) is 18.2 Å². The van der Waals surface area contributed by atoms with E-state index in [1.807, 2.05) is 29.2 Å². The lowest BCUT2D eigenvalue weighted by molar-refractivity contribution is -0.132. The van der Waals surface area contributed by atoms with Gasteiger partial charge in [0, 0.05) is 31.6 Å². The van der Waals surface area contributed by atoms with Gasteiger partial charge in [0.05, 0.1) is 30.6 Å². The summed E-state index contributed by atoms with van der Waals surface area (Å²) < 4.78 is 5.17. The summed E-state index contributed by atoms with van der Waals surface area (Å²) in [7, 11) is 1.65. The minimum atomic E-state index is 0.194. The SMILES string of the molecule is COc1ccc(CC(=O)N2CCN(Cc3nc(-c4cccs4)cs3)CC2)cc1. The van der Waals surface area contributed by atoms with Crippen LogP contribution < -0.4 is 4.74 Å². The Hall–Kier alpha value is -2.22. The highest BCUT2D eigenvalue weighted by Crippen LogP contribution is 2.26. The maximum absolute atomic E-state index is 12.6. The summed E-state index contributed by atoms with van der Waals surface area (Å²) in [6.07, 6.45) is 0.445. The monoisotopic (exact) mass is 413 g/mol. The van der Waals surface area contributed by atoms with E-state index in [0.717, 1.165) is 54.7 Å². The Balaban J connectivity index is 1.26. The summed E-state index contributed by atoms with van der Waals surface area (Å²) in [6.45, 7) is 4.19. The average molecular weight is 414 g/mol. The van der Waals surface area contributed by atoms with Gasteiger partial charge in [-0.3, -0.25) is 9.69 Å². The lowest BCUT2D eigenvalue weighted by atomic mass is 10.1. The Morgan fingerprint density at radius 1 is 1.11 bits per heavy atom. The first-order valence-electron chi connectivity index (χ1n) is 9.32. The first-order chi connectivity index (χ1) is 13.7. The second-order valence-electron chi connectivity index (χ2n) is 6.79. The molecule has 1 amide bonds. The maximum Gasteiger partial charge on any atom is 0.227 e. The van der Waals surface area contributed by atoms with Crippen molar-refractivity contribution in [1.82, 2.24) is 14.8 Å². The summed E-state index contributed by atoms with van der Waals surface area (Å²) in [5.41, 5.74) is 2.10. The molecule has 2 aromatic heterocycles. The molecule has 3 aromatic rings. The predicted molar refractivity (Wildman–Crippen MR) is 114 cm³/mol. The number of methoxy groups -OCH3 is 1. The van der Waals surface area contributed by atoms with Crippen LogP contribution >= 0.6 is 22.7 Å². The Labute approximate surface area is 173 Å². The Kier molecular flexibility index (Phi) is 6.04. The fourth-order valence-electron chi connectivity index (χ4n) is 3.30. The molecule has 0 spiro atoms. The highest BCUT2D eigenvalue weighted by Gasteiger charge is 2.22. The molecule has 3 heterocycles. The Morgan fingerprint density at radius 3 is 2.57 bits per heavy atom. The number of nitrogens with zero attached hydrogens (tertiary/aromatic N) is 3. The second-order valence-corrected chi connectivity index (χ2v) is 8.68. The van der Waals surface area contributed by atoms with Crippen LogP contribution in [-0.2, 0) is 17.8 Å². The van der Waals surface area contributed by atoms with Crippen molar-refractivity contribution >= 4 is 28.6 Å². The lowest BCUT2D eigenvalue weighted by Crippen LogP contribution is -2.48. The molecule has 28 heavy (non-hydrogen) atoms. The van der Waals surface area contributed by atoms with Gasteiger partial charge in [0.15, 0.2) is 0 Å². The molecular weight excluding hydrogens is 390 g/mol. The maximum atomic E-state index is 12.6. The van der Waals surface area contributed by atoms with Crippen LogP contribution in [0.5, 0.6) is 5.75 Å². The molecule has 7 heteroatoms. The second kappa shape index (κ2) is 8.86. The lowest BCUT2D eigenvalue weighted by Gasteiger charge is -2.34. The van der Waals surface area contributed by atoms with E-state index in [1.54, 1.807) is 29.8 Å². The molecule has 4 rings (SSSR count). The zero-order chi connectivity index (χ0) is 19.3. The number of amides is 1. The molecule has 0 aliphatic carbocycles. The number of thiophene rings is 1. The molecule has 0 radical (unpaired) electrons. The van der Waals surface area contributed by atoms with Crippen molar-refractivity contribution in [3.63, 3.8) is 0 Å². The summed E-state index contributed by atoms with van der Waals surface area (Å²) in [6, 6.07) is 11.9. The molecular formula is C21H23N3O2S2. The van der Waals surface area contributed by atoms with Gasteiger partial charge in [0.25, 0.3) is 0 Å². The number of benzene rings is 1. The molecule has 1 aliphatic heterocycles. The van der Waals surface area contributed by atoms with Crippen LogP contribution in [-0.4, -0.2) is 54.0 Å². The van der Waals surface area contributed by atoms with Crippen molar-refractivity contribution in [3.8, 4) is 16.3 Å². The molecule has 1 saturated heterocycles. The fourth-order valence-corrected chi connectivity index (χ4v) is 4.89. The quantitative estimate of drug-likeness (QED) is 0.617. The van der Waals surface area contributed by atoms with E-state index in [1.165, 1.54) is 4.88 Å². The predicted octanol–water partition coefficient (Wildman–Crippen LogP) is 3.77. The van der Waals surface area contributed by atoms with Gasteiger partial charge in [0.1, 0.15) is 10.8 Å². The van der Waals surface area contributed by atoms with Crippen molar-refractivity contribution in [2.45, 2.75) is 13.0 Å². The van der Waals surface area contributed by atoms with Crippen molar-refractivity contribution < 1.29 is 9.53 Å². The summed E-state index contributed by atoms with van der Waals surface area (Å²) >= 11 is 3.44. The summed E-state index contributed by atoms with van der Waals surface area (Å²) in [5, 5.41) is 5.35. The van der Waals surface area contributed by atoms with E-state index in [0.29, 0.717) is 6.42 Å². The average Bonchev–Trinajstić information content (AvgIpc) is 3.41. The van der Waals surface area contributed by atoms with Crippen molar-refractivity contribution in [2.24, 2.45) is 0 Å².